The number of hydrogen-bond donors (Lipinski definition) is 20. The Bertz CT molecular complexity index is 2840. The number of fused-ring (bicyclic) bond motifs is 7. The van der Waals surface area contributed by atoms with Crippen LogP contribution in [0.4, 0.5) is 0 Å². The van der Waals surface area contributed by atoms with Crippen LogP contribution < -0.4 is 0 Å². The molecule has 0 spiro atoms. The molecule has 5 aliphatic carbocycles. The zero-order chi connectivity index (χ0) is 72.5. The lowest BCUT2D eigenvalue weighted by atomic mass is 9.33. The predicted octanol–water partition coefficient (Wildman–Crippen LogP) is -6.68. The van der Waals surface area contributed by atoms with Gasteiger partial charge in [0.15, 0.2) is 37.6 Å². The van der Waals surface area contributed by atoms with Crippen molar-refractivity contribution in [3.05, 3.63) is 11.6 Å². The zero-order valence-corrected chi connectivity index (χ0v) is 56.3. The molecule has 11 aliphatic rings. The van der Waals surface area contributed by atoms with Crippen molar-refractivity contribution in [3.8, 4) is 0 Å². The molecule has 0 radical (unpaired) electrons. The van der Waals surface area contributed by atoms with Crippen LogP contribution in [0.2, 0.25) is 0 Å². The monoisotopic (exact) mass is 1430 g/mol. The van der Waals surface area contributed by atoms with Crippen LogP contribution in [-0.4, -0.2) is 337 Å². The van der Waals surface area contributed by atoms with E-state index in [0.29, 0.717) is 32.1 Å². The van der Waals surface area contributed by atoms with E-state index in [2.05, 4.69) is 26.8 Å². The molecule has 0 amide bonds. The van der Waals surface area contributed by atoms with Crippen molar-refractivity contribution in [1.82, 2.24) is 0 Å². The molecule has 4 saturated carbocycles. The van der Waals surface area contributed by atoms with Gasteiger partial charge in [-0.1, -0.05) is 39.3 Å². The third-order valence-electron chi connectivity index (χ3n) is 25.2. The van der Waals surface area contributed by atoms with Gasteiger partial charge in [0, 0.05) is 5.41 Å². The standard InChI is InChI=1S/C65H104O34/c1-23-34(71)41(78)50(97-53-46(83)42(79)48(24(2)90-53)95-52-47(84)49(96-55-44(81)39(76)36(73)29(19-67)92-55)31(21-88-52)94-54-43(80)38(75)35(72)28(18-66)91-54)57(89-23)99-59(87)64-13-12-60(3,4)16-26(64)25-8-9-32-61(5)17-27(70)51(98-56-45(82)40(77)37(74)30(20-68)93-56)63(7,58(85)86)33(61)10-11-62(32,6)65(25,22-69)15-14-64/h8,23-24,26-57,66-84H,9-22H2,1-7H3,(H,85,86)/t23-,24+,26-,27-,28+,29+,30+,31+,32+,33+,34+,35-,36+,37+,38-,39-,40-,41+,42+,43+,44+,45+,46-,47+,48+,49-,50-,51-,52-,53+,54-,55-,56-,57+,61+,62+,63-,64-,65-/m0/s1. The molecule has 6 heterocycles. The lowest BCUT2D eigenvalue weighted by Crippen LogP contribution is -2.71. The molecule has 11 rings (SSSR count). The van der Waals surface area contributed by atoms with Crippen molar-refractivity contribution in [2.45, 2.75) is 297 Å². The summed E-state index contributed by atoms with van der Waals surface area (Å²) in [6.45, 7) is 8.92. The number of carboxylic acid groups (broad SMARTS) is 1. The minimum absolute atomic E-state index is 0.00634. The molecule has 0 aromatic rings. The Hall–Kier alpha value is -2.52. The average molecular weight is 1430 g/mol. The molecule has 20 N–H and O–H groups in total. The Morgan fingerprint density at radius 1 is 0.495 bits per heavy atom. The number of aliphatic carboxylic acids is 1. The number of carbonyl (C=O) groups excluding carboxylic acids is 1. The van der Waals surface area contributed by atoms with E-state index < -0.39 is 268 Å². The van der Waals surface area contributed by atoms with Crippen LogP contribution in [0.25, 0.3) is 0 Å². The van der Waals surface area contributed by atoms with Crippen molar-refractivity contribution in [2.24, 2.45) is 50.2 Å². The van der Waals surface area contributed by atoms with Gasteiger partial charge in [-0.2, -0.15) is 0 Å². The minimum atomic E-state index is -2.11. The van der Waals surface area contributed by atoms with Gasteiger partial charge in [-0.3, -0.25) is 9.59 Å². The van der Waals surface area contributed by atoms with E-state index in [9.17, 15) is 107 Å². The number of carbonyl (C=O) groups is 2. The number of aliphatic hydroxyl groups excluding tert-OH is 19. The largest absolute Gasteiger partial charge is 0.481 e. The first-order valence-electron chi connectivity index (χ1n) is 34.4. The lowest BCUT2D eigenvalue weighted by Gasteiger charge is -2.71. The van der Waals surface area contributed by atoms with Gasteiger partial charge in [0.2, 0.25) is 6.29 Å². The van der Waals surface area contributed by atoms with Gasteiger partial charge in [0.05, 0.1) is 62.2 Å². The molecule has 0 aromatic carbocycles. The highest BCUT2D eigenvalue weighted by Gasteiger charge is 2.74. The summed E-state index contributed by atoms with van der Waals surface area (Å²) >= 11 is 0. The van der Waals surface area contributed by atoms with Gasteiger partial charge in [0.25, 0.3) is 0 Å². The van der Waals surface area contributed by atoms with Gasteiger partial charge in [-0.25, -0.2) is 0 Å². The van der Waals surface area contributed by atoms with Gasteiger partial charge >= 0.3 is 11.9 Å². The summed E-state index contributed by atoms with van der Waals surface area (Å²) in [5.74, 6) is -3.70. The van der Waals surface area contributed by atoms with E-state index in [4.69, 9.17) is 56.8 Å². The number of carboxylic acids is 1. The van der Waals surface area contributed by atoms with Crippen molar-refractivity contribution < 1.29 is 169 Å². The second-order valence-electron chi connectivity index (χ2n) is 31.2. The zero-order valence-electron chi connectivity index (χ0n) is 56.3. The molecular formula is C65H104O34. The first-order chi connectivity index (χ1) is 46.4. The summed E-state index contributed by atoms with van der Waals surface area (Å²) in [6.07, 6.45) is -49.9. The van der Waals surface area contributed by atoms with Crippen LogP contribution in [0.5, 0.6) is 0 Å². The highest BCUT2D eigenvalue weighted by atomic mass is 16.8. The van der Waals surface area contributed by atoms with E-state index in [-0.39, 0.29) is 43.6 Å². The van der Waals surface area contributed by atoms with Gasteiger partial charge < -0.3 is 159 Å². The van der Waals surface area contributed by atoms with E-state index in [0.717, 1.165) is 5.57 Å². The minimum Gasteiger partial charge on any atom is -0.481 e. The Morgan fingerprint density at radius 2 is 0.990 bits per heavy atom. The Balaban J connectivity index is 0.810. The van der Waals surface area contributed by atoms with Gasteiger partial charge in [-0.05, 0) is 113 Å². The van der Waals surface area contributed by atoms with Crippen molar-refractivity contribution in [3.63, 3.8) is 0 Å². The van der Waals surface area contributed by atoms with Gasteiger partial charge in [0.1, 0.15) is 128 Å². The molecule has 34 heteroatoms. The maximum Gasteiger partial charge on any atom is 0.315 e. The van der Waals surface area contributed by atoms with Crippen LogP contribution in [-0.2, 0) is 66.4 Å². The SMILES string of the molecule is C[C@@H]1O[C@H](OC(=O)[C@]23CCC(C)(C)C[C@H]2C2=CC[C@@H]4[C@@]5(C)C[C@H](O)[C@H](O[C@@H]6O[C@H](CO)[C@@H](O)[C@H](O)[C@H]6O)[C@@](C)(C(=O)O)[C@@H]5CC[C@@]4(C)[C@]2(CO)CC3)[C@@H](O[C@H]2O[C@H](C)[C@@H](O[C@@H]3OC[C@@H](O[C@@H]4O[C@H](CO)[C@H](O)[C@H](O)[C@H]4O)[C@H](O[C@@H]4O[C@H](CO)[C@@H](O)[C@H](O)[C@H]4O)[C@H]3O)[C@H](O)[C@@H]2O)[C@H](O)[C@@H]1O. The predicted molar refractivity (Wildman–Crippen MR) is 324 cm³/mol. The van der Waals surface area contributed by atoms with E-state index in [1.807, 2.05) is 6.92 Å². The highest BCUT2D eigenvalue weighted by Crippen LogP contribution is 2.76. The third-order valence-corrected chi connectivity index (χ3v) is 25.2. The first kappa shape index (κ1) is 77.6. The molecule has 568 valence electrons. The van der Waals surface area contributed by atoms with Crippen LogP contribution in [0.3, 0.4) is 0 Å². The van der Waals surface area contributed by atoms with E-state index in [1.54, 1.807) is 0 Å². The van der Waals surface area contributed by atoms with E-state index in [1.165, 1.54) is 20.8 Å². The van der Waals surface area contributed by atoms with Crippen LogP contribution in [0, 0.1) is 50.2 Å². The maximum atomic E-state index is 15.7. The van der Waals surface area contributed by atoms with Crippen LogP contribution in [0.15, 0.2) is 11.6 Å². The van der Waals surface area contributed by atoms with Crippen molar-refractivity contribution in [2.75, 3.05) is 33.0 Å². The summed E-state index contributed by atoms with van der Waals surface area (Å²) in [7, 11) is 0. The van der Waals surface area contributed by atoms with E-state index >= 15 is 4.79 Å². The normalized spacial score (nSPS) is 54.5. The molecular weight excluding hydrogens is 1320 g/mol. The Morgan fingerprint density at radius 3 is 1.55 bits per heavy atom. The average Bonchev–Trinajstić information content (AvgIpc) is 0.670. The first-order valence-corrected chi connectivity index (χ1v) is 34.4. The Labute approximate surface area is 570 Å². The second kappa shape index (κ2) is 29.0. The summed E-state index contributed by atoms with van der Waals surface area (Å²) in [6, 6.07) is 0. The number of rotatable bonds is 17. The molecule has 34 nitrogen and oxygen atoms in total. The molecule has 0 aromatic heterocycles. The quantitative estimate of drug-likeness (QED) is 0.0366. The maximum absolute atomic E-state index is 15.7. The summed E-state index contributed by atoms with van der Waals surface area (Å²) < 4.78 is 71.5. The summed E-state index contributed by atoms with van der Waals surface area (Å²) in [5.41, 5.74) is -5.43. The van der Waals surface area contributed by atoms with Crippen LogP contribution in [0.1, 0.15) is 106 Å². The molecule has 6 aliphatic heterocycles. The fraction of sp³-hybridized carbons (Fsp3) is 0.938. The number of esters is 1. The molecule has 99 heavy (non-hydrogen) atoms. The molecule has 39 atom stereocenters. The molecule has 0 bridgehead atoms. The fourth-order valence-corrected chi connectivity index (χ4v) is 19.3. The van der Waals surface area contributed by atoms with Crippen molar-refractivity contribution in [1.29, 1.82) is 0 Å². The smallest absolute Gasteiger partial charge is 0.315 e. The Kier molecular flexibility index (Phi) is 22.7. The highest BCUT2D eigenvalue weighted by molar-refractivity contribution is 5.79. The summed E-state index contributed by atoms with van der Waals surface area (Å²) in [4.78, 5) is 29.5. The summed E-state index contributed by atoms with van der Waals surface area (Å²) in [5, 5.41) is 220. The second-order valence-corrected chi connectivity index (χ2v) is 31.2. The number of aliphatic hydroxyl groups is 19. The number of ether oxygens (including phenoxy) is 12. The fourth-order valence-electron chi connectivity index (χ4n) is 19.3. The molecule has 0 unspecified atom stereocenters. The lowest BCUT2D eigenvalue weighted by molar-refractivity contribution is -0.391. The third kappa shape index (κ3) is 13.0. The van der Waals surface area contributed by atoms with Gasteiger partial charge in [-0.15, -0.1) is 0 Å². The topological polar surface area (TPSA) is 550 Å². The van der Waals surface area contributed by atoms with Crippen molar-refractivity contribution >= 4 is 11.9 Å². The molecule has 10 fully saturated rings. The molecule has 6 saturated heterocycles. The number of allylic oxidation sites excluding steroid dienone is 1. The van der Waals surface area contributed by atoms with Crippen LogP contribution >= 0.6 is 0 Å². The number of hydrogen-bond acceptors (Lipinski definition) is 33.